The summed E-state index contributed by atoms with van der Waals surface area (Å²) in [5, 5.41) is 0. The zero-order chi connectivity index (χ0) is 11.5. The minimum Gasteiger partial charge on any atom is -0.479 e. The molecule has 0 unspecified atom stereocenters. The van der Waals surface area contributed by atoms with Crippen LogP contribution in [0.3, 0.4) is 0 Å². The normalized spacial score (nSPS) is 10.1. The molecule has 0 radical (unpaired) electrons. The predicted octanol–water partition coefficient (Wildman–Crippen LogP) is 0.833. The number of ether oxygens (including phenoxy) is 1. The van der Waals surface area contributed by atoms with E-state index in [0.29, 0.717) is 17.3 Å². The lowest BCUT2D eigenvalue weighted by Crippen LogP contribution is -2.01. The highest BCUT2D eigenvalue weighted by molar-refractivity contribution is 5.61. The van der Waals surface area contributed by atoms with Crippen molar-refractivity contribution in [2.45, 2.75) is 6.92 Å². The summed E-state index contributed by atoms with van der Waals surface area (Å²) in [7, 11) is 1.53. The van der Waals surface area contributed by atoms with Crippen molar-refractivity contribution in [1.29, 1.82) is 0 Å². The molecule has 0 saturated carbocycles. The maximum atomic E-state index is 5.58. The molecule has 0 fully saturated rings. The predicted molar refractivity (Wildman–Crippen MR) is 58.8 cm³/mol. The van der Waals surface area contributed by atoms with Crippen molar-refractivity contribution in [3.8, 4) is 17.3 Å². The summed E-state index contributed by atoms with van der Waals surface area (Å²) in [4.78, 5) is 16.3. The Morgan fingerprint density at radius 1 is 1.19 bits per heavy atom. The number of nitrogen functional groups attached to an aromatic ring is 1. The van der Waals surface area contributed by atoms with Gasteiger partial charge in [-0.3, -0.25) is 0 Å². The van der Waals surface area contributed by atoms with Gasteiger partial charge in [-0.1, -0.05) is 0 Å². The Balaban J connectivity index is 2.58. The number of aryl methyl sites for hydroxylation is 1. The third kappa shape index (κ3) is 1.90. The summed E-state index contributed by atoms with van der Waals surface area (Å²) in [5.74, 6) is 0.628. The number of nitrogens with zero attached hydrogens (tertiary/aromatic N) is 4. The molecule has 6 nitrogen and oxygen atoms in total. The molecular weight excluding hydrogens is 206 g/mol. The van der Waals surface area contributed by atoms with Gasteiger partial charge in [-0.05, 0) is 13.0 Å². The second kappa shape index (κ2) is 4.09. The van der Waals surface area contributed by atoms with Crippen LogP contribution in [0.1, 0.15) is 5.69 Å². The molecule has 0 aliphatic rings. The van der Waals surface area contributed by atoms with Crippen molar-refractivity contribution in [2.24, 2.45) is 0 Å². The van der Waals surface area contributed by atoms with Gasteiger partial charge < -0.3 is 10.5 Å². The SMILES string of the molecule is COc1nccnc1-c1cc(C)nc(N)n1. The molecule has 0 aliphatic heterocycles. The third-order valence-electron chi connectivity index (χ3n) is 1.97. The van der Waals surface area contributed by atoms with Crippen molar-refractivity contribution in [2.75, 3.05) is 12.8 Å². The lowest BCUT2D eigenvalue weighted by Gasteiger charge is -2.06. The highest BCUT2D eigenvalue weighted by Crippen LogP contribution is 2.23. The lowest BCUT2D eigenvalue weighted by molar-refractivity contribution is 0.397. The van der Waals surface area contributed by atoms with Crippen molar-refractivity contribution < 1.29 is 4.74 Å². The topological polar surface area (TPSA) is 86.8 Å². The number of hydrogen-bond acceptors (Lipinski definition) is 6. The van der Waals surface area contributed by atoms with Gasteiger partial charge in [0.25, 0.3) is 0 Å². The molecule has 0 atom stereocenters. The Kier molecular flexibility index (Phi) is 2.63. The van der Waals surface area contributed by atoms with Crippen LogP contribution in [0.4, 0.5) is 5.95 Å². The van der Waals surface area contributed by atoms with Gasteiger partial charge in [-0.25, -0.2) is 19.9 Å². The van der Waals surface area contributed by atoms with E-state index < -0.39 is 0 Å². The first-order valence-corrected chi connectivity index (χ1v) is 4.67. The Morgan fingerprint density at radius 2 is 1.94 bits per heavy atom. The molecular formula is C10H11N5O. The molecule has 0 saturated heterocycles. The molecule has 2 heterocycles. The zero-order valence-corrected chi connectivity index (χ0v) is 9.01. The van der Waals surface area contributed by atoms with Gasteiger partial charge in [0.1, 0.15) is 5.69 Å². The lowest BCUT2D eigenvalue weighted by atomic mass is 10.2. The van der Waals surface area contributed by atoms with E-state index >= 15 is 0 Å². The third-order valence-corrected chi connectivity index (χ3v) is 1.97. The quantitative estimate of drug-likeness (QED) is 0.801. The molecule has 2 rings (SSSR count). The van der Waals surface area contributed by atoms with E-state index in [1.54, 1.807) is 18.5 Å². The molecule has 82 valence electrons. The molecule has 16 heavy (non-hydrogen) atoms. The maximum Gasteiger partial charge on any atom is 0.241 e. The van der Waals surface area contributed by atoms with E-state index in [1.807, 2.05) is 6.92 Å². The van der Waals surface area contributed by atoms with E-state index in [2.05, 4.69) is 19.9 Å². The Morgan fingerprint density at radius 3 is 2.62 bits per heavy atom. The molecule has 0 amide bonds. The standard InChI is InChI=1S/C10H11N5O/c1-6-5-7(15-10(11)14-6)8-9(16-2)13-4-3-12-8/h3-5H,1-2H3,(H2,11,14,15). The minimum atomic E-state index is 0.211. The number of rotatable bonds is 2. The summed E-state index contributed by atoms with van der Waals surface area (Å²) < 4.78 is 5.10. The Labute approximate surface area is 92.6 Å². The fraction of sp³-hybridized carbons (Fsp3) is 0.200. The van der Waals surface area contributed by atoms with E-state index in [1.165, 1.54) is 7.11 Å². The van der Waals surface area contributed by atoms with Gasteiger partial charge in [0.15, 0.2) is 5.69 Å². The monoisotopic (exact) mass is 217 g/mol. The second-order valence-corrected chi connectivity index (χ2v) is 3.17. The minimum absolute atomic E-state index is 0.211. The van der Waals surface area contributed by atoms with Crippen molar-refractivity contribution >= 4 is 5.95 Å². The van der Waals surface area contributed by atoms with E-state index in [4.69, 9.17) is 10.5 Å². The van der Waals surface area contributed by atoms with Gasteiger partial charge in [-0.15, -0.1) is 0 Å². The Bertz CT molecular complexity index is 494. The Hall–Kier alpha value is -2.24. The zero-order valence-electron chi connectivity index (χ0n) is 9.01. The molecule has 0 bridgehead atoms. The molecule has 0 aromatic carbocycles. The van der Waals surface area contributed by atoms with E-state index in [9.17, 15) is 0 Å². The first-order chi connectivity index (χ1) is 7.70. The number of methoxy groups -OCH3 is 1. The molecule has 0 spiro atoms. The number of hydrogen-bond donors (Lipinski definition) is 1. The first kappa shape index (κ1) is 10.3. The fourth-order valence-electron chi connectivity index (χ4n) is 1.36. The van der Waals surface area contributed by atoms with Gasteiger partial charge in [0.2, 0.25) is 11.8 Å². The first-order valence-electron chi connectivity index (χ1n) is 4.67. The summed E-state index contributed by atoms with van der Waals surface area (Å²) in [6, 6.07) is 1.78. The molecule has 6 heteroatoms. The van der Waals surface area contributed by atoms with E-state index in [-0.39, 0.29) is 5.95 Å². The molecule has 2 aromatic heterocycles. The summed E-state index contributed by atoms with van der Waals surface area (Å²) in [6.07, 6.45) is 3.13. The summed E-state index contributed by atoms with van der Waals surface area (Å²) in [6.45, 7) is 1.84. The largest absolute Gasteiger partial charge is 0.479 e. The van der Waals surface area contributed by atoms with Crippen LogP contribution in [-0.2, 0) is 0 Å². The molecule has 0 aliphatic carbocycles. The van der Waals surface area contributed by atoms with Crippen LogP contribution in [0.25, 0.3) is 11.4 Å². The van der Waals surface area contributed by atoms with Crippen molar-refractivity contribution in [1.82, 2.24) is 19.9 Å². The van der Waals surface area contributed by atoms with Gasteiger partial charge in [0, 0.05) is 18.1 Å². The number of nitrogens with two attached hydrogens (primary N) is 1. The number of aromatic nitrogens is 4. The average Bonchev–Trinajstić information content (AvgIpc) is 2.27. The van der Waals surface area contributed by atoms with Crippen LogP contribution in [0, 0.1) is 6.92 Å². The van der Waals surface area contributed by atoms with Crippen LogP contribution < -0.4 is 10.5 Å². The van der Waals surface area contributed by atoms with Crippen LogP contribution in [0.15, 0.2) is 18.5 Å². The van der Waals surface area contributed by atoms with Crippen molar-refractivity contribution in [3.05, 3.63) is 24.2 Å². The number of anilines is 1. The van der Waals surface area contributed by atoms with Crippen molar-refractivity contribution in [3.63, 3.8) is 0 Å². The van der Waals surface area contributed by atoms with E-state index in [0.717, 1.165) is 5.69 Å². The molecule has 2 aromatic rings. The smallest absolute Gasteiger partial charge is 0.241 e. The average molecular weight is 217 g/mol. The van der Waals surface area contributed by atoms with Crippen LogP contribution in [0.2, 0.25) is 0 Å². The second-order valence-electron chi connectivity index (χ2n) is 3.17. The van der Waals surface area contributed by atoms with Crippen LogP contribution >= 0.6 is 0 Å². The highest BCUT2D eigenvalue weighted by Gasteiger charge is 2.10. The summed E-state index contributed by atoms with van der Waals surface area (Å²) in [5.41, 5.74) is 7.51. The van der Waals surface area contributed by atoms with Crippen LogP contribution in [0.5, 0.6) is 5.88 Å². The highest BCUT2D eigenvalue weighted by atomic mass is 16.5. The van der Waals surface area contributed by atoms with Gasteiger partial charge in [-0.2, -0.15) is 0 Å². The van der Waals surface area contributed by atoms with Crippen LogP contribution in [-0.4, -0.2) is 27.0 Å². The maximum absolute atomic E-state index is 5.58. The fourth-order valence-corrected chi connectivity index (χ4v) is 1.36. The van der Waals surface area contributed by atoms with Gasteiger partial charge >= 0.3 is 0 Å². The molecule has 2 N–H and O–H groups in total. The summed E-state index contributed by atoms with van der Waals surface area (Å²) >= 11 is 0. The van der Waals surface area contributed by atoms with Gasteiger partial charge in [0.05, 0.1) is 7.11 Å².